The molecule has 1 aromatic rings. The lowest BCUT2D eigenvalue weighted by atomic mass is 9.90. The van der Waals surface area contributed by atoms with Gasteiger partial charge in [0.1, 0.15) is 0 Å². The Bertz CT molecular complexity index is 444. The topological polar surface area (TPSA) is 15.3 Å². The van der Waals surface area contributed by atoms with E-state index >= 15 is 0 Å². The minimum atomic E-state index is 0.215. The van der Waals surface area contributed by atoms with Gasteiger partial charge in [0, 0.05) is 35.7 Å². The molecular weight excluding hydrogens is 312 g/mol. The number of hydrogen-bond donors (Lipinski definition) is 1. The van der Waals surface area contributed by atoms with Crippen LogP contribution in [0.3, 0.4) is 0 Å². The Morgan fingerprint density at radius 3 is 2.85 bits per heavy atom. The Morgan fingerprint density at radius 1 is 1.45 bits per heavy atom. The van der Waals surface area contributed by atoms with E-state index in [9.17, 15) is 0 Å². The zero-order valence-electron chi connectivity index (χ0n) is 13.1. The number of piperazine rings is 1. The molecule has 0 bridgehead atoms. The van der Waals surface area contributed by atoms with E-state index in [0.717, 1.165) is 25.6 Å². The van der Waals surface area contributed by atoms with Crippen LogP contribution in [-0.2, 0) is 6.54 Å². The summed E-state index contributed by atoms with van der Waals surface area (Å²) in [5.74, 6) is 0.733. The Balaban J connectivity index is 2.10. The van der Waals surface area contributed by atoms with E-state index in [-0.39, 0.29) is 5.54 Å². The van der Waals surface area contributed by atoms with Crippen LogP contribution in [0.5, 0.6) is 0 Å². The minimum Gasteiger partial charge on any atom is -0.311 e. The third-order valence-corrected chi connectivity index (χ3v) is 5.16. The SMILES string of the molecule is CCC(C)C1CN(Cc2cccc(Br)c2)C(C)(C)CN1. The number of benzene rings is 1. The molecule has 20 heavy (non-hydrogen) atoms. The zero-order valence-corrected chi connectivity index (χ0v) is 14.7. The van der Waals surface area contributed by atoms with Crippen molar-refractivity contribution >= 4 is 15.9 Å². The van der Waals surface area contributed by atoms with E-state index in [1.807, 2.05) is 0 Å². The van der Waals surface area contributed by atoms with E-state index < -0.39 is 0 Å². The lowest BCUT2D eigenvalue weighted by Gasteiger charge is -2.47. The molecule has 1 heterocycles. The summed E-state index contributed by atoms with van der Waals surface area (Å²) < 4.78 is 1.17. The van der Waals surface area contributed by atoms with Crippen LogP contribution in [-0.4, -0.2) is 29.6 Å². The fraction of sp³-hybridized carbons (Fsp3) is 0.647. The van der Waals surface area contributed by atoms with Crippen LogP contribution in [0, 0.1) is 5.92 Å². The molecule has 2 atom stereocenters. The summed E-state index contributed by atoms with van der Waals surface area (Å²) >= 11 is 3.57. The minimum absolute atomic E-state index is 0.215. The van der Waals surface area contributed by atoms with Crippen LogP contribution in [0.1, 0.15) is 39.7 Å². The number of nitrogens with one attached hydrogen (secondary N) is 1. The third-order valence-electron chi connectivity index (χ3n) is 4.66. The van der Waals surface area contributed by atoms with Gasteiger partial charge in [0.25, 0.3) is 0 Å². The van der Waals surface area contributed by atoms with Gasteiger partial charge in [-0.05, 0) is 37.5 Å². The smallest absolute Gasteiger partial charge is 0.0281 e. The van der Waals surface area contributed by atoms with Gasteiger partial charge in [-0.1, -0.05) is 48.3 Å². The molecule has 1 aliphatic rings. The van der Waals surface area contributed by atoms with Crippen LogP contribution in [0.4, 0.5) is 0 Å². The van der Waals surface area contributed by atoms with Crippen molar-refractivity contribution in [3.05, 3.63) is 34.3 Å². The summed E-state index contributed by atoms with van der Waals surface area (Å²) in [7, 11) is 0. The standard InChI is InChI=1S/C17H27BrN2/c1-5-13(2)16-11-20(17(3,4)12-19-16)10-14-7-6-8-15(18)9-14/h6-9,13,16,19H,5,10-12H2,1-4H3. The van der Waals surface area contributed by atoms with Gasteiger partial charge in [-0.2, -0.15) is 0 Å². The predicted molar refractivity (Wildman–Crippen MR) is 89.9 cm³/mol. The maximum atomic E-state index is 3.74. The van der Waals surface area contributed by atoms with Crippen LogP contribution in [0.25, 0.3) is 0 Å². The second-order valence-electron chi connectivity index (χ2n) is 6.70. The maximum absolute atomic E-state index is 3.74. The van der Waals surface area contributed by atoms with Gasteiger partial charge in [-0.3, -0.25) is 4.90 Å². The van der Waals surface area contributed by atoms with Crippen LogP contribution < -0.4 is 5.32 Å². The van der Waals surface area contributed by atoms with Crippen molar-refractivity contribution in [3.63, 3.8) is 0 Å². The first-order valence-corrected chi connectivity index (χ1v) is 8.44. The highest BCUT2D eigenvalue weighted by Crippen LogP contribution is 2.25. The molecule has 2 unspecified atom stereocenters. The second-order valence-corrected chi connectivity index (χ2v) is 7.61. The molecule has 0 amide bonds. The van der Waals surface area contributed by atoms with Crippen molar-refractivity contribution in [2.24, 2.45) is 5.92 Å². The third kappa shape index (κ3) is 3.84. The molecule has 1 saturated heterocycles. The van der Waals surface area contributed by atoms with E-state index in [0.29, 0.717) is 6.04 Å². The second kappa shape index (κ2) is 6.59. The highest BCUT2D eigenvalue weighted by molar-refractivity contribution is 9.10. The number of nitrogens with zero attached hydrogens (tertiary/aromatic N) is 1. The van der Waals surface area contributed by atoms with Crippen molar-refractivity contribution in [2.75, 3.05) is 13.1 Å². The quantitative estimate of drug-likeness (QED) is 0.890. The summed E-state index contributed by atoms with van der Waals surface area (Å²) in [6.45, 7) is 12.5. The van der Waals surface area contributed by atoms with Gasteiger partial charge in [-0.15, -0.1) is 0 Å². The molecule has 112 valence electrons. The first-order chi connectivity index (χ1) is 9.42. The molecule has 1 fully saturated rings. The number of hydrogen-bond acceptors (Lipinski definition) is 2. The van der Waals surface area contributed by atoms with Gasteiger partial charge in [0.15, 0.2) is 0 Å². The lowest BCUT2D eigenvalue weighted by Crippen LogP contribution is -2.62. The number of rotatable bonds is 4. The normalized spacial score (nSPS) is 24.6. The molecule has 0 spiro atoms. The van der Waals surface area contributed by atoms with E-state index in [1.54, 1.807) is 0 Å². The molecule has 2 rings (SSSR count). The first kappa shape index (κ1) is 16.0. The Hall–Kier alpha value is -0.380. The van der Waals surface area contributed by atoms with Gasteiger partial charge in [-0.25, -0.2) is 0 Å². The van der Waals surface area contributed by atoms with Gasteiger partial charge in [0.05, 0.1) is 0 Å². The van der Waals surface area contributed by atoms with Crippen molar-refractivity contribution in [3.8, 4) is 0 Å². The van der Waals surface area contributed by atoms with Gasteiger partial charge < -0.3 is 5.32 Å². The fourth-order valence-corrected chi connectivity index (χ4v) is 3.29. The molecule has 1 aliphatic heterocycles. The first-order valence-electron chi connectivity index (χ1n) is 7.65. The molecule has 3 heteroatoms. The monoisotopic (exact) mass is 338 g/mol. The molecule has 0 saturated carbocycles. The van der Waals surface area contributed by atoms with Crippen molar-refractivity contribution in [1.29, 1.82) is 0 Å². The summed E-state index contributed by atoms with van der Waals surface area (Å²) in [6, 6.07) is 9.28. The van der Waals surface area contributed by atoms with Crippen molar-refractivity contribution in [2.45, 2.75) is 52.2 Å². The average Bonchev–Trinajstić information content (AvgIpc) is 2.40. The molecule has 2 nitrogen and oxygen atoms in total. The van der Waals surface area contributed by atoms with Gasteiger partial charge in [0.2, 0.25) is 0 Å². The Labute approximate surface area is 132 Å². The summed E-state index contributed by atoms with van der Waals surface area (Å²) in [4.78, 5) is 2.63. The predicted octanol–water partition coefficient (Wildman–Crippen LogP) is 4.05. The molecule has 1 N–H and O–H groups in total. The summed E-state index contributed by atoms with van der Waals surface area (Å²) in [5, 5.41) is 3.74. The van der Waals surface area contributed by atoms with Crippen LogP contribution in [0.2, 0.25) is 0 Å². The molecule has 0 radical (unpaired) electrons. The number of halogens is 1. The van der Waals surface area contributed by atoms with E-state index in [1.165, 1.54) is 16.5 Å². The Morgan fingerprint density at radius 2 is 2.20 bits per heavy atom. The molecule has 0 aromatic heterocycles. The molecule has 1 aromatic carbocycles. The van der Waals surface area contributed by atoms with Crippen LogP contribution >= 0.6 is 15.9 Å². The fourth-order valence-electron chi connectivity index (χ4n) is 2.84. The highest BCUT2D eigenvalue weighted by atomic mass is 79.9. The molecule has 0 aliphatic carbocycles. The summed E-state index contributed by atoms with van der Waals surface area (Å²) in [5.41, 5.74) is 1.60. The van der Waals surface area contributed by atoms with E-state index in [2.05, 4.69) is 78.1 Å². The largest absolute Gasteiger partial charge is 0.311 e. The van der Waals surface area contributed by atoms with Crippen molar-refractivity contribution < 1.29 is 0 Å². The molecular formula is C17H27BrN2. The van der Waals surface area contributed by atoms with Crippen molar-refractivity contribution in [1.82, 2.24) is 10.2 Å². The Kier molecular flexibility index (Phi) is 5.27. The van der Waals surface area contributed by atoms with Gasteiger partial charge >= 0.3 is 0 Å². The highest BCUT2D eigenvalue weighted by Gasteiger charge is 2.35. The maximum Gasteiger partial charge on any atom is 0.0281 e. The van der Waals surface area contributed by atoms with Crippen LogP contribution in [0.15, 0.2) is 28.7 Å². The van der Waals surface area contributed by atoms with E-state index in [4.69, 9.17) is 0 Å². The average molecular weight is 339 g/mol. The summed E-state index contributed by atoms with van der Waals surface area (Å²) in [6.07, 6.45) is 1.24. The lowest BCUT2D eigenvalue weighted by molar-refractivity contribution is 0.0449. The zero-order chi connectivity index (χ0) is 14.8.